The van der Waals surface area contributed by atoms with E-state index in [9.17, 15) is 13.2 Å². The van der Waals surface area contributed by atoms with Gasteiger partial charge in [-0.3, -0.25) is 4.79 Å². The number of carbonyl (C=O) groups excluding carboxylic acids is 1. The smallest absolute Gasteiger partial charge is 0.252 e. The molecule has 0 aliphatic rings. The summed E-state index contributed by atoms with van der Waals surface area (Å²) in [6.45, 7) is 3.62. The number of rotatable bonds is 6. The zero-order valence-electron chi connectivity index (χ0n) is 14.2. The molecule has 2 aromatic rings. The highest BCUT2D eigenvalue weighted by Gasteiger charge is 2.24. The van der Waals surface area contributed by atoms with Crippen molar-refractivity contribution in [2.45, 2.75) is 30.4 Å². The van der Waals surface area contributed by atoms with Crippen molar-refractivity contribution in [1.29, 1.82) is 0 Å². The first-order chi connectivity index (χ1) is 11.3. The summed E-state index contributed by atoms with van der Waals surface area (Å²) in [4.78, 5) is 12.5. The van der Waals surface area contributed by atoms with Crippen LogP contribution in [0.15, 0.2) is 53.4 Å². The molecule has 0 radical (unpaired) electrons. The molecular formula is C18H23ClN2O3S. The van der Waals surface area contributed by atoms with Gasteiger partial charge in [0, 0.05) is 12.2 Å². The summed E-state index contributed by atoms with van der Waals surface area (Å²) in [5.74, 6) is -0.384. The van der Waals surface area contributed by atoms with Crippen LogP contribution in [0.25, 0.3) is 0 Å². The number of hydrogen-bond acceptors (Lipinski definition) is 4. The van der Waals surface area contributed by atoms with Gasteiger partial charge >= 0.3 is 0 Å². The molecule has 0 spiro atoms. The van der Waals surface area contributed by atoms with Crippen molar-refractivity contribution in [3.05, 3.63) is 59.7 Å². The summed E-state index contributed by atoms with van der Waals surface area (Å²) in [5, 5.41) is 2.20. The van der Waals surface area contributed by atoms with Gasteiger partial charge in [-0.25, -0.2) is 8.42 Å². The highest BCUT2D eigenvalue weighted by molar-refractivity contribution is 7.92. The van der Waals surface area contributed by atoms with Crippen molar-refractivity contribution in [2.24, 2.45) is 0 Å². The molecule has 5 nitrogen and oxygen atoms in total. The maximum atomic E-state index is 12.4. The van der Waals surface area contributed by atoms with Crippen molar-refractivity contribution in [1.82, 2.24) is 5.32 Å². The Labute approximate surface area is 155 Å². The standard InChI is InChI=1S/C18H22N2O3S.ClH/c1-13(2)24(22,23)17-6-4-3-5-16(17)18(21)20-12-11-14-7-9-15(19)10-8-14;/h3-10,13H,11-12,19H2,1-2H3,(H,20,21);1H. The molecule has 7 heteroatoms. The summed E-state index contributed by atoms with van der Waals surface area (Å²) in [6.07, 6.45) is 0.644. The Hall–Kier alpha value is -2.05. The van der Waals surface area contributed by atoms with E-state index in [0.717, 1.165) is 5.56 Å². The van der Waals surface area contributed by atoms with Gasteiger partial charge in [0.05, 0.1) is 15.7 Å². The van der Waals surface area contributed by atoms with E-state index in [-0.39, 0.29) is 28.8 Å². The molecular weight excluding hydrogens is 360 g/mol. The lowest BCUT2D eigenvalue weighted by Crippen LogP contribution is -2.28. The maximum absolute atomic E-state index is 12.4. The summed E-state index contributed by atoms with van der Waals surface area (Å²) in [7, 11) is -3.51. The highest BCUT2D eigenvalue weighted by Crippen LogP contribution is 2.20. The molecule has 25 heavy (non-hydrogen) atoms. The SMILES string of the molecule is CC(C)S(=O)(=O)c1ccccc1C(=O)NCCc1ccc(N)cc1.Cl. The molecule has 0 atom stereocenters. The minimum absolute atomic E-state index is 0. The van der Waals surface area contributed by atoms with Crippen LogP contribution in [-0.4, -0.2) is 26.1 Å². The van der Waals surface area contributed by atoms with E-state index < -0.39 is 15.1 Å². The molecule has 0 aliphatic heterocycles. The summed E-state index contributed by atoms with van der Waals surface area (Å²) < 4.78 is 24.8. The molecule has 0 saturated heterocycles. The van der Waals surface area contributed by atoms with Crippen LogP contribution >= 0.6 is 12.4 Å². The zero-order chi connectivity index (χ0) is 17.7. The minimum Gasteiger partial charge on any atom is -0.399 e. The van der Waals surface area contributed by atoms with E-state index in [0.29, 0.717) is 18.7 Å². The molecule has 136 valence electrons. The van der Waals surface area contributed by atoms with Gasteiger partial charge in [-0.05, 0) is 50.1 Å². The molecule has 2 rings (SSSR count). The molecule has 0 unspecified atom stereocenters. The molecule has 1 amide bonds. The van der Waals surface area contributed by atoms with Crippen LogP contribution < -0.4 is 11.1 Å². The lowest BCUT2D eigenvalue weighted by Gasteiger charge is -2.13. The zero-order valence-corrected chi connectivity index (χ0v) is 15.9. The number of nitrogens with one attached hydrogen (secondary N) is 1. The van der Waals surface area contributed by atoms with Crippen LogP contribution in [-0.2, 0) is 16.3 Å². The number of hydrogen-bond donors (Lipinski definition) is 2. The van der Waals surface area contributed by atoms with E-state index in [1.807, 2.05) is 24.3 Å². The van der Waals surface area contributed by atoms with Crippen molar-refractivity contribution < 1.29 is 13.2 Å². The van der Waals surface area contributed by atoms with Crippen LogP contribution in [0.3, 0.4) is 0 Å². The Kier molecular flexibility index (Phi) is 7.45. The second kappa shape index (κ2) is 8.87. The van der Waals surface area contributed by atoms with Crippen molar-refractivity contribution in [3.63, 3.8) is 0 Å². The lowest BCUT2D eigenvalue weighted by molar-refractivity contribution is 0.0951. The Balaban J connectivity index is 0.00000312. The number of benzene rings is 2. The van der Waals surface area contributed by atoms with E-state index in [1.54, 1.807) is 26.0 Å². The highest BCUT2D eigenvalue weighted by atomic mass is 35.5. The largest absolute Gasteiger partial charge is 0.399 e. The quantitative estimate of drug-likeness (QED) is 0.752. The summed E-state index contributed by atoms with van der Waals surface area (Å²) in [6, 6.07) is 13.7. The molecule has 0 bridgehead atoms. The second-order valence-electron chi connectivity index (χ2n) is 5.84. The number of amides is 1. The Bertz CT molecular complexity index is 818. The predicted octanol–water partition coefficient (Wildman–Crippen LogP) is 2.85. The second-order valence-corrected chi connectivity index (χ2v) is 8.31. The summed E-state index contributed by atoms with van der Waals surface area (Å²) in [5.41, 5.74) is 7.56. The van der Waals surface area contributed by atoms with Crippen LogP contribution in [0, 0.1) is 0 Å². The normalized spacial score (nSPS) is 11.0. The van der Waals surface area contributed by atoms with Gasteiger partial charge in [-0.2, -0.15) is 0 Å². The number of anilines is 1. The molecule has 0 fully saturated rings. The van der Waals surface area contributed by atoms with Crippen LogP contribution in [0.4, 0.5) is 5.69 Å². The van der Waals surface area contributed by atoms with E-state index in [1.165, 1.54) is 12.1 Å². The van der Waals surface area contributed by atoms with Crippen LogP contribution in [0.2, 0.25) is 0 Å². The van der Waals surface area contributed by atoms with Gasteiger partial charge in [0.2, 0.25) is 0 Å². The number of carbonyl (C=O) groups is 1. The fourth-order valence-corrected chi connectivity index (χ4v) is 3.50. The Morgan fingerprint density at radius 1 is 1.08 bits per heavy atom. The van der Waals surface area contributed by atoms with E-state index in [2.05, 4.69) is 5.32 Å². The first-order valence-electron chi connectivity index (χ1n) is 7.78. The summed E-state index contributed by atoms with van der Waals surface area (Å²) >= 11 is 0. The molecule has 0 aromatic heterocycles. The number of nitrogen functional groups attached to an aromatic ring is 1. The molecule has 2 aromatic carbocycles. The van der Waals surface area contributed by atoms with Gasteiger partial charge in [0.25, 0.3) is 5.91 Å². The third-order valence-corrected chi connectivity index (χ3v) is 5.95. The van der Waals surface area contributed by atoms with E-state index in [4.69, 9.17) is 5.73 Å². The van der Waals surface area contributed by atoms with E-state index >= 15 is 0 Å². The molecule has 3 N–H and O–H groups in total. The van der Waals surface area contributed by atoms with Gasteiger partial charge in [-0.1, -0.05) is 24.3 Å². The topological polar surface area (TPSA) is 89.3 Å². The Morgan fingerprint density at radius 3 is 2.28 bits per heavy atom. The number of sulfone groups is 1. The fourth-order valence-electron chi connectivity index (χ4n) is 2.26. The number of halogens is 1. The van der Waals surface area contributed by atoms with Crippen molar-refractivity contribution in [3.8, 4) is 0 Å². The average molecular weight is 383 g/mol. The maximum Gasteiger partial charge on any atom is 0.252 e. The minimum atomic E-state index is -3.51. The first-order valence-corrected chi connectivity index (χ1v) is 9.32. The van der Waals surface area contributed by atoms with Gasteiger partial charge < -0.3 is 11.1 Å². The van der Waals surface area contributed by atoms with Crippen molar-refractivity contribution >= 4 is 33.8 Å². The van der Waals surface area contributed by atoms with Gasteiger partial charge in [0.1, 0.15) is 0 Å². The Morgan fingerprint density at radius 2 is 1.68 bits per heavy atom. The molecule has 0 heterocycles. The predicted molar refractivity (Wildman–Crippen MR) is 103 cm³/mol. The van der Waals surface area contributed by atoms with Crippen LogP contribution in [0.5, 0.6) is 0 Å². The van der Waals surface area contributed by atoms with Gasteiger partial charge in [-0.15, -0.1) is 12.4 Å². The molecule has 0 aliphatic carbocycles. The number of nitrogens with two attached hydrogens (primary N) is 1. The lowest BCUT2D eigenvalue weighted by atomic mass is 10.1. The third kappa shape index (κ3) is 5.21. The monoisotopic (exact) mass is 382 g/mol. The fraction of sp³-hybridized carbons (Fsp3) is 0.278. The third-order valence-electron chi connectivity index (χ3n) is 3.74. The van der Waals surface area contributed by atoms with Crippen LogP contribution in [0.1, 0.15) is 29.8 Å². The van der Waals surface area contributed by atoms with Gasteiger partial charge in [0.15, 0.2) is 9.84 Å². The molecule has 0 saturated carbocycles. The first kappa shape index (κ1) is 21.0. The average Bonchev–Trinajstić information content (AvgIpc) is 2.56. The van der Waals surface area contributed by atoms with Crippen molar-refractivity contribution in [2.75, 3.05) is 12.3 Å².